The third-order valence-electron chi connectivity index (χ3n) is 5.94. The summed E-state index contributed by atoms with van der Waals surface area (Å²) in [5, 5.41) is 0. The van der Waals surface area contributed by atoms with Gasteiger partial charge in [0.05, 0.1) is 18.7 Å². The molecule has 5 rings (SSSR count). The van der Waals surface area contributed by atoms with Crippen molar-refractivity contribution in [3.8, 4) is 0 Å². The molecule has 0 radical (unpaired) electrons. The predicted octanol–water partition coefficient (Wildman–Crippen LogP) is 3.99. The van der Waals surface area contributed by atoms with Gasteiger partial charge in [0, 0.05) is 5.56 Å². The van der Waals surface area contributed by atoms with Crippen molar-refractivity contribution in [1.29, 1.82) is 0 Å². The fourth-order valence-corrected chi connectivity index (χ4v) is 4.71. The molecule has 2 aromatic carbocycles. The third-order valence-corrected chi connectivity index (χ3v) is 5.94. The highest BCUT2D eigenvalue weighted by Crippen LogP contribution is 2.52. The van der Waals surface area contributed by atoms with Crippen LogP contribution in [0.15, 0.2) is 72.8 Å². The normalized spacial score (nSPS) is 32.6. The van der Waals surface area contributed by atoms with E-state index in [1.165, 1.54) is 5.56 Å². The number of hydrogen-bond acceptors (Lipinski definition) is 2. The number of rotatable bonds is 2. The molecule has 0 aliphatic carbocycles. The van der Waals surface area contributed by atoms with E-state index in [1.807, 2.05) is 41.3 Å². The molecule has 1 amide bonds. The first-order chi connectivity index (χ1) is 12.3. The summed E-state index contributed by atoms with van der Waals surface area (Å²) < 4.78 is 6.26. The summed E-state index contributed by atoms with van der Waals surface area (Å²) >= 11 is 0. The zero-order valence-corrected chi connectivity index (χ0v) is 14.0. The summed E-state index contributed by atoms with van der Waals surface area (Å²) in [6.45, 7) is 0.637. The van der Waals surface area contributed by atoms with Crippen LogP contribution in [0, 0.1) is 5.92 Å². The van der Waals surface area contributed by atoms with Crippen LogP contribution in [0.4, 0.5) is 0 Å². The molecule has 0 saturated carbocycles. The van der Waals surface area contributed by atoms with Gasteiger partial charge in [0.1, 0.15) is 5.60 Å². The number of benzene rings is 2. The Morgan fingerprint density at radius 2 is 1.72 bits per heavy atom. The lowest BCUT2D eigenvalue weighted by atomic mass is 9.73. The van der Waals surface area contributed by atoms with Crippen molar-refractivity contribution in [2.45, 2.75) is 30.6 Å². The summed E-state index contributed by atoms with van der Waals surface area (Å²) in [6.07, 6.45) is 6.65. The molecular weight excluding hydrogens is 310 g/mol. The van der Waals surface area contributed by atoms with Crippen LogP contribution in [0.2, 0.25) is 0 Å². The molecule has 2 saturated heterocycles. The van der Waals surface area contributed by atoms with Gasteiger partial charge in [-0.3, -0.25) is 4.79 Å². The maximum atomic E-state index is 13.3. The van der Waals surface area contributed by atoms with E-state index in [0.29, 0.717) is 12.5 Å². The van der Waals surface area contributed by atoms with Gasteiger partial charge >= 0.3 is 0 Å². The average molecular weight is 331 g/mol. The molecule has 1 spiro atoms. The van der Waals surface area contributed by atoms with Crippen LogP contribution in [0.1, 0.15) is 34.8 Å². The molecule has 25 heavy (non-hydrogen) atoms. The number of fused-ring (bicyclic) bond motifs is 1. The van der Waals surface area contributed by atoms with Gasteiger partial charge < -0.3 is 9.64 Å². The van der Waals surface area contributed by atoms with Crippen molar-refractivity contribution < 1.29 is 9.53 Å². The lowest BCUT2D eigenvalue weighted by Gasteiger charge is -2.46. The number of amides is 1. The molecule has 3 nitrogen and oxygen atoms in total. The Morgan fingerprint density at radius 3 is 2.44 bits per heavy atom. The third kappa shape index (κ3) is 2.34. The molecule has 126 valence electrons. The number of carbonyl (C=O) groups excluding carboxylic acids is 1. The van der Waals surface area contributed by atoms with Gasteiger partial charge in [0.15, 0.2) is 0 Å². The van der Waals surface area contributed by atoms with Crippen molar-refractivity contribution in [3.63, 3.8) is 0 Å². The molecule has 3 heterocycles. The van der Waals surface area contributed by atoms with Crippen molar-refractivity contribution in [3.05, 3.63) is 83.9 Å². The van der Waals surface area contributed by atoms with Gasteiger partial charge in [-0.05, 0) is 36.5 Å². The monoisotopic (exact) mass is 331 g/mol. The minimum absolute atomic E-state index is 0.0922. The van der Waals surface area contributed by atoms with E-state index in [-0.39, 0.29) is 23.7 Å². The lowest BCUT2D eigenvalue weighted by molar-refractivity contribution is -0.0480. The number of likely N-dealkylation sites (tertiary alicyclic amines) is 1. The highest BCUT2D eigenvalue weighted by molar-refractivity contribution is 5.94. The second-order valence-electron chi connectivity index (χ2n) is 7.36. The fraction of sp³-hybridized carbons (Fsp3) is 0.318. The second-order valence-corrected chi connectivity index (χ2v) is 7.36. The lowest BCUT2D eigenvalue weighted by Crippen LogP contribution is -2.54. The average Bonchev–Trinajstić information content (AvgIpc) is 3.24. The highest BCUT2D eigenvalue weighted by Gasteiger charge is 2.55. The Labute approximate surface area is 147 Å². The molecule has 0 N–H and O–H groups in total. The summed E-state index contributed by atoms with van der Waals surface area (Å²) in [5.74, 6) is 0.585. The minimum atomic E-state index is -0.277. The van der Waals surface area contributed by atoms with Crippen LogP contribution in [-0.2, 0) is 4.74 Å². The van der Waals surface area contributed by atoms with Crippen molar-refractivity contribution in [1.82, 2.24) is 4.90 Å². The minimum Gasteiger partial charge on any atom is -0.361 e. The Balaban J connectivity index is 1.54. The molecule has 4 atom stereocenters. The molecule has 0 aromatic heterocycles. The van der Waals surface area contributed by atoms with E-state index >= 15 is 0 Å². The van der Waals surface area contributed by atoms with Gasteiger partial charge in [0.2, 0.25) is 0 Å². The molecule has 2 bridgehead atoms. The van der Waals surface area contributed by atoms with Crippen LogP contribution in [0.5, 0.6) is 0 Å². The maximum absolute atomic E-state index is 13.3. The van der Waals surface area contributed by atoms with Crippen molar-refractivity contribution in [2.24, 2.45) is 5.92 Å². The Kier molecular flexibility index (Phi) is 3.32. The van der Waals surface area contributed by atoms with Crippen LogP contribution in [0.25, 0.3) is 0 Å². The van der Waals surface area contributed by atoms with Gasteiger partial charge in [-0.15, -0.1) is 0 Å². The highest BCUT2D eigenvalue weighted by atomic mass is 16.5. The zero-order valence-electron chi connectivity index (χ0n) is 14.0. The number of nitrogens with zero attached hydrogens (tertiary/aromatic N) is 1. The van der Waals surface area contributed by atoms with Crippen LogP contribution in [0.3, 0.4) is 0 Å². The molecule has 2 aromatic rings. The summed E-state index contributed by atoms with van der Waals surface area (Å²) in [7, 11) is 0. The topological polar surface area (TPSA) is 29.5 Å². The summed E-state index contributed by atoms with van der Waals surface area (Å²) in [6, 6.07) is 20.1. The molecule has 3 aliphatic heterocycles. The summed E-state index contributed by atoms with van der Waals surface area (Å²) in [4.78, 5) is 15.3. The quantitative estimate of drug-likeness (QED) is 0.779. The Bertz CT molecular complexity index is 816. The van der Waals surface area contributed by atoms with Gasteiger partial charge in [-0.1, -0.05) is 60.7 Å². The SMILES string of the molecule is O=C(c1ccccc1)N1CC23C=CC(CC2CC1c1ccccc1)O3. The van der Waals surface area contributed by atoms with Crippen molar-refractivity contribution in [2.75, 3.05) is 6.54 Å². The van der Waals surface area contributed by atoms with Crippen molar-refractivity contribution >= 4 is 5.91 Å². The standard InChI is InChI=1S/C22H21NO2/c24-21(17-9-5-2-6-10-17)23-15-22-12-11-19(25-22)13-18(22)14-20(23)16-7-3-1-4-8-16/h1-12,18-20H,13-15H2. The van der Waals surface area contributed by atoms with E-state index in [4.69, 9.17) is 4.74 Å². The number of ether oxygens (including phenoxy) is 1. The predicted molar refractivity (Wildman–Crippen MR) is 96.1 cm³/mol. The zero-order chi connectivity index (χ0) is 16.9. The van der Waals surface area contributed by atoms with E-state index < -0.39 is 0 Å². The summed E-state index contributed by atoms with van der Waals surface area (Å²) in [5.41, 5.74) is 1.68. The first-order valence-electron chi connectivity index (χ1n) is 9.03. The molecule has 4 unspecified atom stereocenters. The Hall–Kier alpha value is -2.39. The maximum Gasteiger partial charge on any atom is 0.254 e. The van der Waals surface area contributed by atoms with E-state index in [2.05, 4.69) is 36.4 Å². The van der Waals surface area contributed by atoms with Gasteiger partial charge in [0.25, 0.3) is 5.91 Å². The first kappa shape index (κ1) is 14.9. The van der Waals surface area contributed by atoms with Crippen LogP contribution < -0.4 is 0 Å². The van der Waals surface area contributed by atoms with E-state index in [1.54, 1.807) is 0 Å². The first-order valence-corrected chi connectivity index (χ1v) is 9.03. The van der Waals surface area contributed by atoms with Gasteiger partial charge in [-0.25, -0.2) is 0 Å². The molecule has 3 aliphatic rings. The number of piperidine rings is 1. The molecular formula is C22H21NO2. The van der Waals surface area contributed by atoms with Crippen LogP contribution in [-0.4, -0.2) is 29.1 Å². The smallest absolute Gasteiger partial charge is 0.254 e. The number of carbonyl (C=O) groups is 1. The fourth-order valence-electron chi connectivity index (χ4n) is 4.71. The Morgan fingerprint density at radius 1 is 1.00 bits per heavy atom. The van der Waals surface area contributed by atoms with Crippen LogP contribution >= 0.6 is 0 Å². The van der Waals surface area contributed by atoms with E-state index in [9.17, 15) is 4.79 Å². The second kappa shape index (κ2) is 5.57. The molecule has 3 heteroatoms. The largest absolute Gasteiger partial charge is 0.361 e. The van der Waals surface area contributed by atoms with E-state index in [0.717, 1.165) is 18.4 Å². The molecule has 2 fully saturated rings. The van der Waals surface area contributed by atoms with Gasteiger partial charge in [-0.2, -0.15) is 0 Å². The number of hydrogen-bond donors (Lipinski definition) is 0.